The molecule has 2 amide bonds. The fraction of sp³-hybridized carbons (Fsp3) is 0.231. The smallest absolute Gasteiger partial charge is 0.251 e. The predicted molar refractivity (Wildman–Crippen MR) is 125 cm³/mol. The molecule has 0 fully saturated rings. The second-order valence-corrected chi connectivity index (χ2v) is 6.86. The van der Waals surface area contributed by atoms with Crippen molar-refractivity contribution >= 4 is 24.0 Å². The Morgan fingerprint density at radius 2 is 1.00 bits per heavy atom. The Balaban J connectivity index is 1.82. The molecule has 0 spiro atoms. The summed E-state index contributed by atoms with van der Waals surface area (Å²) >= 11 is 0. The van der Waals surface area contributed by atoms with Crippen molar-refractivity contribution in [2.75, 3.05) is 13.1 Å². The van der Waals surface area contributed by atoms with Gasteiger partial charge in [-0.25, -0.2) is 0 Å². The van der Waals surface area contributed by atoms with E-state index in [2.05, 4.69) is 10.6 Å². The third-order valence-electron chi connectivity index (χ3n) is 4.33. The molecular formula is C26H30N2O2. The van der Waals surface area contributed by atoms with E-state index in [0.717, 1.165) is 24.0 Å². The molecule has 0 heterocycles. The van der Waals surface area contributed by atoms with E-state index < -0.39 is 0 Å². The predicted octanol–water partition coefficient (Wildman–Crippen LogP) is 5.25. The minimum atomic E-state index is -0.0352. The van der Waals surface area contributed by atoms with Gasteiger partial charge in [0.05, 0.1) is 0 Å². The number of amides is 2. The molecule has 0 saturated carbocycles. The highest BCUT2D eigenvalue weighted by Gasteiger charge is 2.03. The maximum atomic E-state index is 11.9. The highest BCUT2D eigenvalue weighted by molar-refractivity contribution is 5.94. The molecule has 0 unspecified atom stereocenters. The summed E-state index contributed by atoms with van der Waals surface area (Å²) in [5.41, 5.74) is 3.42. The molecular weight excluding hydrogens is 372 g/mol. The number of hydrogen-bond acceptors (Lipinski definition) is 2. The lowest BCUT2D eigenvalue weighted by molar-refractivity contribution is 0.0945. The Bertz CT molecular complexity index is 816. The van der Waals surface area contributed by atoms with E-state index in [1.54, 1.807) is 0 Å². The number of carbonyl (C=O) groups excluding carboxylic acids is 2. The van der Waals surface area contributed by atoms with Crippen molar-refractivity contribution in [3.8, 4) is 0 Å². The molecule has 2 rings (SSSR count). The first-order valence-electron chi connectivity index (χ1n) is 10.4. The Morgan fingerprint density at radius 1 is 0.633 bits per heavy atom. The van der Waals surface area contributed by atoms with Crippen LogP contribution in [0.1, 0.15) is 58.5 Å². The van der Waals surface area contributed by atoms with Gasteiger partial charge in [0, 0.05) is 24.2 Å². The van der Waals surface area contributed by atoms with Crippen molar-refractivity contribution in [2.24, 2.45) is 0 Å². The molecule has 4 nitrogen and oxygen atoms in total. The molecule has 0 radical (unpaired) electrons. The summed E-state index contributed by atoms with van der Waals surface area (Å²) in [6, 6.07) is 15.1. The van der Waals surface area contributed by atoms with Crippen molar-refractivity contribution in [3.05, 3.63) is 95.1 Å². The van der Waals surface area contributed by atoms with Gasteiger partial charge in [-0.2, -0.15) is 0 Å². The van der Waals surface area contributed by atoms with Crippen LogP contribution in [0.2, 0.25) is 0 Å². The topological polar surface area (TPSA) is 58.2 Å². The van der Waals surface area contributed by atoms with Crippen LogP contribution < -0.4 is 10.6 Å². The van der Waals surface area contributed by atoms with Crippen LogP contribution in [0.4, 0.5) is 0 Å². The quantitative estimate of drug-likeness (QED) is 0.533. The fourth-order valence-electron chi connectivity index (χ4n) is 2.63. The van der Waals surface area contributed by atoms with Gasteiger partial charge < -0.3 is 10.6 Å². The number of benzene rings is 2. The molecule has 4 heteroatoms. The lowest BCUT2D eigenvalue weighted by atomic mass is 10.1. The van der Waals surface area contributed by atoms with Crippen LogP contribution in [0.5, 0.6) is 0 Å². The van der Waals surface area contributed by atoms with Gasteiger partial charge in [-0.05, 0) is 48.2 Å². The van der Waals surface area contributed by atoms with Gasteiger partial charge in [-0.1, -0.05) is 74.6 Å². The molecule has 2 aromatic rings. The van der Waals surface area contributed by atoms with Gasteiger partial charge in [0.1, 0.15) is 0 Å². The maximum absolute atomic E-state index is 11.9. The van der Waals surface area contributed by atoms with Gasteiger partial charge in [0.2, 0.25) is 0 Å². The molecule has 0 saturated heterocycles. The first kappa shape index (κ1) is 22.9. The first-order valence-corrected chi connectivity index (χ1v) is 10.4. The number of hydrogen-bond donors (Lipinski definition) is 2. The Kier molecular flexibility index (Phi) is 9.87. The molecule has 0 aromatic heterocycles. The highest BCUT2D eigenvalue weighted by Crippen LogP contribution is 2.08. The normalized spacial score (nSPS) is 11.4. The zero-order valence-electron chi connectivity index (χ0n) is 17.7. The fourth-order valence-corrected chi connectivity index (χ4v) is 2.63. The number of allylic oxidation sites excluding steroid dienone is 4. The molecule has 30 heavy (non-hydrogen) atoms. The molecule has 0 aliphatic carbocycles. The third-order valence-corrected chi connectivity index (χ3v) is 4.33. The standard InChI is InChI=1S/C26H30N2O2/c1-3-19-27-25(29)23-15-11-21(12-16-23)9-7-5-6-8-10-22-13-17-24(18-14-22)26(30)28-20-4-2/h5-18H,3-4,19-20H2,1-2H3,(H,27,29)(H,28,30)/b6-5+,9-7+,10-8+. The van der Waals surface area contributed by atoms with E-state index in [9.17, 15) is 9.59 Å². The Hall–Kier alpha value is -3.40. The van der Waals surface area contributed by atoms with E-state index in [1.807, 2.05) is 98.8 Å². The van der Waals surface area contributed by atoms with E-state index >= 15 is 0 Å². The van der Waals surface area contributed by atoms with E-state index in [-0.39, 0.29) is 11.8 Å². The molecule has 2 N–H and O–H groups in total. The van der Waals surface area contributed by atoms with Crippen LogP contribution in [0.25, 0.3) is 12.2 Å². The second-order valence-electron chi connectivity index (χ2n) is 6.86. The van der Waals surface area contributed by atoms with E-state index in [0.29, 0.717) is 24.2 Å². The van der Waals surface area contributed by atoms with Gasteiger partial charge in [0.15, 0.2) is 0 Å². The highest BCUT2D eigenvalue weighted by atomic mass is 16.2. The van der Waals surface area contributed by atoms with Crippen molar-refractivity contribution in [1.82, 2.24) is 10.6 Å². The van der Waals surface area contributed by atoms with Crippen LogP contribution in [0.15, 0.2) is 72.8 Å². The second kappa shape index (κ2) is 12.9. The summed E-state index contributed by atoms with van der Waals surface area (Å²) in [5.74, 6) is -0.0703. The van der Waals surface area contributed by atoms with Crippen molar-refractivity contribution < 1.29 is 9.59 Å². The average molecular weight is 403 g/mol. The minimum absolute atomic E-state index is 0.0352. The summed E-state index contributed by atoms with van der Waals surface area (Å²) in [6.07, 6.45) is 13.6. The van der Waals surface area contributed by atoms with Gasteiger partial charge in [0.25, 0.3) is 11.8 Å². The summed E-state index contributed by atoms with van der Waals surface area (Å²) in [4.78, 5) is 23.8. The Labute approximate surface area is 179 Å². The average Bonchev–Trinajstić information content (AvgIpc) is 2.78. The van der Waals surface area contributed by atoms with Crippen LogP contribution in [0, 0.1) is 0 Å². The van der Waals surface area contributed by atoms with Crippen molar-refractivity contribution in [2.45, 2.75) is 26.7 Å². The molecule has 156 valence electrons. The summed E-state index contributed by atoms with van der Waals surface area (Å²) in [7, 11) is 0. The van der Waals surface area contributed by atoms with Crippen molar-refractivity contribution in [3.63, 3.8) is 0 Å². The molecule has 2 aromatic carbocycles. The lowest BCUT2D eigenvalue weighted by Crippen LogP contribution is -2.23. The molecule has 0 bridgehead atoms. The van der Waals surface area contributed by atoms with Gasteiger partial charge in [-0.15, -0.1) is 0 Å². The number of carbonyl (C=O) groups is 2. The van der Waals surface area contributed by atoms with E-state index in [4.69, 9.17) is 0 Å². The van der Waals surface area contributed by atoms with Gasteiger partial charge >= 0.3 is 0 Å². The zero-order chi connectivity index (χ0) is 21.6. The SMILES string of the molecule is CCCNC(=O)c1ccc(/C=C/C=C/C=C/c2ccc(C(=O)NCCC)cc2)cc1. The first-order chi connectivity index (χ1) is 14.6. The van der Waals surface area contributed by atoms with Crippen LogP contribution >= 0.6 is 0 Å². The summed E-state index contributed by atoms with van der Waals surface area (Å²) < 4.78 is 0. The van der Waals surface area contributed by atoms with Crippen molar-refractivity contribution in [1.29, 1.82) is 0 Å². The largest absolute Gasteiger partial charge is 0.352 e. The third kappa shape index (κ3) is 7.92. The molecule has 0 aliphatic heterocycles. The van der Waals surface area contributed by atoms with Crippen LogP contribution in [-0.4, -0.2) is 24.9 Å². The molecule has 0 aliphatic rings. The van der Waals surface area contributed by atoms with Crippen LogP contribution in [-0.2, 0) is 0 Å². The molecule has 0 atom stereocenters. The van der Waals surface area contributed by atoms with Gasteiger partial charge in [-0.3, -0.25) is 9.59 Å². The Morgan fingerprint density at radius 3 is 1.33 bits per heavy atom. The monoisotopic (exact) mass is 402 g/mol. The lowest BCUT2D eigenvalue weighted by Gasteiger charge is -2.03. The summed E-state index contributed by atoms with van der Waals surface area (Å²) in [5, 5.41) is 5.74. The van der Waals surface area contributed by atoms with E-state index in [1.165, 1.54) is 0 Å². The number of nitrogens with one attached hydrogen (secondary N) is 2. The maximum Gasteiger partial charge on any atom is 0.251 e. The minimum Gasteiger partial charge on any atom is -0.352 e. The zero-order valence-corrected chi connectivity index (χ0v) is 17.7. The number of rotatable bonds is 10. The van der Waals surface area contributed by atoms with Crippen LogP contribution in [0.3, 0.4) is 0 Å². The summed E-state index contributed by atoms with van der Waals surface area (Å²) in [6.45, 7) is 5.44.